The number of rotatable bonds is 23. The van der Waals surface area contributed by atoms with Crippen LogP contribution in [-0.2, 0) is 73.6 Å². The van der Waals surface area contributed by atoms with Crippen LogP contribution in [0.4, 0.5) is 0 Å². The minimum Gasteiger partial charge on any atom is -0.379 e. The van der Waals surface area contributed by atoms with Crippen LogP contribution in [0.15, 0.2) is 18.3 Å². The molecule has 2 aromatic heterocycles. The van der Waals surface area contributed by atoms with Gasteiger partial charge < -0.3 is 60.1 Å². The Hall–Kier alpha value is -7.44. The number of carbonyl (C=O) groups excluding carboxylic acids is 11. The zero-order chi connectivity index (χ0) is 77.9. The van der Waals surface area contributed by atoms with Gasteiger partial charge in [-0.25, -0.2) is 14.7 Å². The number of likely N-dealkylation sites (N-methyl/N-ethyl adjacent to an activating group) is 6. The highest BCUT2D eigenvalue weighted by atomic mass is 16.7. The fourth-order valence-corrected chi connectivity index (χ4v) is 14.0. The topological polar surface area (TPSA) is 333 Å². The van der Waals surface area contributed by atoms with Crippen LogP contribution in [0, 0.1) is 35.5 Å². The van der Waals surface area contributed by atoms with E-state index in [4.69, 9.17) is 14.3 Å². The summed E-state index contributed by atoms with van der Waals surface area (Å²) in [5, 5.41) is 20.7. The minimum absolute atomic E-state index is 0.0363. The second-order valence-corrected chi connectivity index (χ2v) is 31.0. The SMILES string of the molecule is CC[C@@H]1NC(=O)[C@@H]2[C@@H]([C@H](C)CCCCCn3nnc4cccnc43)ON2C(=O)[C@H](C(C)C)N(C)C(=O)[C@H](CC(C)C)N(C)C(=O)[C@H](CC(C)C)N(C)C(=O)[C@@H](C)NC(=O)[C@H](C)NC(=O)[C@H](CC(C)C)N(C)C(=O)[C@H](C(C)C)NC(=O)[C@H]([C@@H](C)OCCCCN2CCOCC2)N(C)C(=O)[C@@H](C)N(C)C1=O. The van der Waals surface area contributed by atoms with Gasteiger partial charge in [0.2, 0.25) is 59.1 Å². The highest BCUT2D eigenvalue weighted by Gasteiger charge is 2.55. The fraction of sp³-hybridized carbons (Fsp3) is 0.784. The summed E-state index contributed by atoms with van der Waals surface area (Å²) in [4.78, 5) is 185. The van der Waals surface area contributed by atoms with Crippen molar-refractivity contribution < 1.29 is 67.1 Å². The molecule has 104 heavy (non-hydrogen) atoms. The third-order valence-electron chi connectivity index (χ3n) is 20.5. The van der Waals surface area contributed by atoms with E-state index in [0.29, 0.717) is 50.2 Å². The van der Waals surface area contributed by atoms with E-state index in [9.17, 15) is 24.0 Å². The number of ether oxygens (including phenoxy) is 2. The van der Waals surface area contributed by atoms with Crippen LogP contribution in [0.3, 0.4) is 0 Å². The molecule has 5 rings (SSSR count). The number of aromatic nitrogens is 4. The van der Waals surface area contributed by atoms with E-state index in [1.54, 1.807) is 58.5 Å². The highest BCUT2D eigenvalue weighted by molar-refractivity contribution is 6.00. The Labute approximate surface area is 617 Å². The quantitative estimate of drug-likeness (QED) is 0.115. The van der Waals surface area contributed by atoms with E-state index in [1.807, 2.05) is 54.5 Å². The van der Waals surface area contributed by atoms with Gasteiger partial charge in [-0.2, -0.15) is 0 Å². The molecule has 0 aliphatic carbocycles. The van der Waals surface area contributed by atoms with E-state index in [-0.39, 0.29) is 56.0 Å². The first kappa shape index (κ1) is 87.2. The van der Waals surface area contributed by atoms with Crippen LogP contribution >= 0.6 is 0 Å². The van der Waals surface area contributed by atoms with Gasteiger partial charge in [0.05, 0.1) is 19.3 Å². The standard InChI is InChI=1S/C74H126N16O14/c1-23-53-70(97)82(17)51(15)69(96)87(22)60(52(16)103-37-28-27-33-88-35-38-102-39-36-88)66(93)79-58(46(8)9)73(100)83(18)55(40-43(2)3)65(92)76-49(13)64(91)77-50(14)68(95)84(19)56(41-44(4)5)71(98)85(20)57(42-45(6)7)72(99)86(21)59(47(10)11)74(101)90-61(67(94)78-53)62(104-90)48(12)30-25-24-26-34-89-63-54(80-81-89)31-29-32-75-63/h29,31-32,43-53,55-62H,23-28,30,33-42H2,1-22H3,(H,76,92)(H,77,91)(H,78,94)(H,79,93)/t48-,49+,50-,51-,52-,53+,55+,56+,57+,58+,59+,60+,61+,62-/m1/s1. The Morgan fingerprint density at radius 2 is 1.10 bits per heavy atom. The molecule has 0 radical (unpaired) electrons. The van der Waals surface area contributed by atoms with Crippen LogP contribution in [0.5, 0.6) is 0 Å². The van der Waals surface area contributed by atoms with Gasteiger partial charge in [-0.05, 0) is 133 Å². The van der Waals surface area contributed by atoms with Crippen molar-refractivity contribution in [3.05, 3.63) is 18.3 Å². The molecule has 0 unspecified atom stereocenters. The summed E-state index contributed by atoms with van der Waals surface area (Å²) >= 11 is 0. The fourth-order valence-electron chi connectivity index (χ4n) is 14.0. The van der Waals surface area contributed by atoms with Gasteiger partial charge in [0.15, 0.2) is 11.7 Å². The van der Waals surface area contributed by atoms with Gasteiger partial charge in [-0.3, -0.25) is 62.5 Å². The maximum atomic E-state index is 15.5. The summed E-state index contributed by atoms with van der Waals surface area (Å²) in [7, 11) is 8.68. The number of aryl methyl sites for hydroxylation is 1. The number of pyridine rings is 1. The molecule has 3 aliphatic heterocycles. The van der Waals surface area contributed by atoms with Crippen LogP contribution in [0.2, 0.25) is 0 Å². The van der Waals surface area contributed by atoms with Crippen LogP contribution < -0.4 is 21.3 Å². The smallest absolute Gasteiger partial charge is 0.270 e. The van der Waals surface area contributed by atoms with Crippen LogP contribution in [-0.4, -0.2) is 285 Å². The number of fused-ring (bicyclic) bond motifs is 2. The largest absolute Gasteiger partial charge is 0.379 e. The average molecular weight is 1460 g/mol. The number of nitrogens with one attached hydrogen (secondary N) is 4. The number of unbranched alkanes of at least 4 members (excludes halogenated alkanes) is 3. The van der Waals surface area contributed by atoms with Gasteiger partial charge in [0.25, 0.3) is 5.91 Å². The molecule has 0 spiro atoms. The second-order valence-electron chi connectivity index (χ2n) is 31.0. The Morgan fingerprint density at radius 1 is 0.538 bits per heavy atom. The first-order valence-electron chi connectivity index (χ1n) is 37.8. The van der Waals surface area contributed by atoms with Gasteiger partial charge in [0, 0.05) is 74.7 Å². The molecule has 0 saturated carbocycles. The molecule has 586 valence electrons. The van der Waals surface area contributed by atoms with Crippen molar-refractivity contribution in [2.24, 2.45) is 35.5 Å². The lowest BCUT2D eigenvalue weighted by Gasteiger charge is -2.50. The molecule has 30 heteroatoms. The maximum Gasteiger partial charge on any atom is 0.270 e. The van der Waals surface area contributed by atoms with E-state index >= 15 is 28.8 Å². The summed E-state index contributed by atoms with van der Waals surface area (Å²) in [6.45, 7) is 32.4. The molecule has 5 heterocycles. The predicted molar refractivity (Wildman–Crippen MR) is 393 cm³/mol. The van der Waals surface area contributed by atoms with Gasteiger partial charge in [-0.1, -0.05) is 101 Å². The molecule has 14 atom stereocenters. The van der Waals surface area contributed by atoms with Crippen molar-refractivity contribution in [1.29, 1.82) is 0 Å². The normalized spacial score (nSPS) is 27.0. The first-order valence-corrected chi connectivity index (χ1v) is 37.8. The van der Waals surface area contributed by atoms with E-state index in [2.05, 4.69) is 41.5 Å². The first-order chi connectivity index (χ1) is 48.9. The predicted octanol–water partition coefficient (Wildman–Crippen LogP) is 3.89. The number of nitrogens with zero attached hydrogens (tertiary/aromatic N) is 12. The Kier molecular flexibility index (Phi) is 33.8. The lowest BCUT2D eigenvalue weighted by atomic mass is 9.88. The van der Waals surface area contributed by atoms with E-state index in [0.717, 1.165) is 44.0 Å². The number of hydroxylamine groups is 2. The molecule has 3 fully saturated rings. The Bertz CT molecular complexity index is 3210. The van der Waals surface area contributed by atoms with Crippen molar-refractivity contribution >= 4 is 76.1 Å². The lowest BCUT2D eigenvalue weighted by molar-refractivity contribution is -0.322. The third kappa shape index (κ3) is 22.8. The van der Waals surface area contributed by atoms with Crippen molar-refractivity contribution in [1.82, 2.24) is 80.6 Å². The molecular weight excluding hydrogens is 1340 g/mol. The second kappa shape index (κ2) is 40.3. The molecule has 30 nitrogen and oxygen atoms in total. The summed E-state index contributed by atoms with van der Waals surface area (Å²) in [5.74, 6) is -9.43. The van der Waals surface area contributed by atoms with Crippen molar-refractivity contribution in [2.45, 2.75) is 260 Å². The molecule has 2 aromatic rings. The summed E-state index contributed by atoms with van der Waals surface area (Å²) < 4.78 is 13.7. The van der Waals surface area contributed by atoms with Crippen LogP contribution in [0.25, 0.3) is 11.2 Å². The zero-order valence-electron chi connectivity index (χ0n) is 66.3. The number of morpholine rings is 1. The number of amides is 11. The van der Waals surface area contributed by atoms with E-state index in [1.165, 1.54) is 92.5 Å². The van der Waals surface area contributed by atoms with Gasteiger partial charge in [0.1, 0.15) is 72.0 Å². The molecule has 4 N–H and O–H groups in total. The maximum absolute atomic E-state index is 15.5. The molecule has 3 aliphatic rings. The number of hydrogen-bond acceptors (Lipinski definition) is 18. The van der Waals surface area contributed by atoms with E-state index < -0.39 is 155 Å². The molecule has 0 aromatic carbocycles. The Morgan fingerprint density at radius 3 is 1.68 bits per heavy atom. The summed E-state index contributed by atoms with van der Waals surface area (Å²) in [5.41, 5.74) is 1.36. The molecule has 3 saturated heterocycles. The zero-order valence-corrected chi connectivity index (χ0v) is 66.3. The molecule has 0 bridgehead atoms. The van der Waals surface area contributed by atoms with Gasteiger partial charge >= 0.3 is 0 Å². The Balaban J connectivity index is 1.59. The monoisotopic (exact) mass is 1460 g/mol. The number of hydrogen-bond donors (Lipinski definition) is 4. The molecular formula is C74H126N16O14. The molecule has 11 amide bonds. The summed E-state index contributed by atoms with van der Waals surface area (Å²) in [6, 6.07) is -10.1. The van der Waals surface area contributed by atoms with Gasteiger partial charge in [-0.15, -0.1) is 5.10 Å². The summed E-state index contributed by atoms with van der Waals surface area (Å²) in [6.07, 6.45) is 4.44. The minimum atomic E-state index is -1.39. The van der Waals surface area contributed by atoms with Crippen molar-refractivity contribution in [2.75, 3.05) is 81.7 Å². The van der Waals surface area contributed by atoms with Crippen molar-refractivity contribution in [3.8, 4) is 0 Å². The average Bonchev–Trinajstić information content (AvgIpc) is 0.858. The lowest BCUT2D eigenvalue weighted by Crippen LogP contribution is -2.72. The third-order valence-corrected chi connectivity index (χ3v) is 20.5. The van der Waals surface area contributed by atoms with Crippen LogP contribution in [0.1, 0.15) is 175 Å². The highest BCUT2D eigenvalue weighted by Crippen LogP contribution is 2.35. The van der Waals surface area contributed by atoms with Crippen molar-refractivity contribution in [3.63, 3.8) is 0 Å². The number of carbonyl (C=O) groups is 11.